The zero-order valence-corrected chi connectivity index (χ0v) is 43.6. The van der Waals surface area contributed by atoms with Gasteiger partial charge in [0, 0.05) is 44.3 Å². The molecule has 2 aliphatic rings. The lowest BCUT2D eigenvalue weighted by Gasteiger charge is -2.38. The van der Waals surface area contributed by atoms with Crippen LogP contribution in [0.1, 0.15) is 102 Å². The largest absolute Gasteiger partial charge is 0.398 e. The predicted molar refractivity (Wildman–Crippen MR) is 274 cm³/mol. The maximum absolute atomic E-state index is 14.0. The molecule has 0 amide bonds. The van der Waals surface area contributed by atoms with E-state index >= 15 is 0 Å². The van der Waals surface area contributed by atoms with Crippen LogP contribution in [-0.2, 0) is 17.5 Å². The van der Waals surface area contributed by atoms with Crippen LogP contribution in [0.15, 0.2) is 164 Å². The van der Waals surface area contributed by atoms with Gasteiger partial charge in [-0.1, -0.05) is 144 Å². The first-order valence-corrected chi connectivity index (χ1v) is 24.0. The monoisotopic (exact) mass is 1050 g/mol. The Kier molecular flexibility index (Phi) is 24.6. The number of pyridine rings is 2. The van der Waals surface area contributed by atoms with Crippen LogP contribution in [0.5, 0.6) is 0 Å². The fourth-order valence-electron chi connectivity index (χ4n) is 7.56. The van der Waals surface area contributed by atoms with E-state index in [0.717, 1.165) is 58.6 Å². The highest BCUT2D eigenvalue weighted by molar-refractivity contribution is 6.30. The molecule has 2 aromatic heterocycles. The average molecular weight is 1050 g/mol. The van der Waals surface area contributed by atoms with Crippen molar-refractivity contribution >= 4 is 11.6 Å². The SMILES string of the molecule is C=C(NC(Cc1ccccc1)(c1ccc(F)cc1)c1ccc(Cl)cn1)C1CC1.C=C/C(=C\C=C/C)CC(NC)(C1=CC(C(F)(F)F)C(F)C=C1)c1ccc(C)cn1.CC.CC(C)(C)CC(F)(F)F.CC(F)(F)F. The van der Waals surface area contributed by atoms with Crippen LogP contribution in [0.25, 0.3) is 0 Å². The minimum Gasteiger partial charge on any atom is -0.374 e. The summed E-state index contributed by atoms with van der Waals surface area (Å²) in [5, 5.41) is 7.44. The molecule has 1 fully saturated rings. The van der Waals surface area contributed by atoms with Gasteiger partial charge in [-0.05, 0) is 109 Å². The lowest BCUT2D eigenvalue weighted by molar-refractivity contribution is -0.172. The third kappa shape index (κ3) is 21.8. The number of likely N-dealkylation sites (N-methyl/N-ethyl adjacent to an activating group) is 1. The van der Waals surface area contributed by atoms with E-state index in [2.05, 4.69) is 45.9 Å². The summed E-state index contributed by atoms with van der Waals surface area (Å²) >= 11 is 6.10. The van der Waals surface area contributed by atoms with Crippen molar-refractivity contribution in [3.05, 3.63) is 203 Å². The van der Waals surface area contributed by atoms with E-state index in [9.17, 15) is 48.3 Å². The summed E-state index contributed by atoms with van der Waals surface area (Å²) in [6.07, 6.45) is 1.58. The summed E-state index contributed by atoms with van der Waals surface area (Å²) in [6, 6.07) is 24.3. The van der Waals surface area contributed by atoms with Gasteiger partial charge in [0.2, 0.25) is 0 Å². The van der Waals surface area contributed by atoms with Crippen LogP contribution in [0.4, 0.5) is 48.3 Å². The second-order valence-corrected chi connectivity index (χ2v) is 18.9. The van der Waals surface area contributed by atoms with Crippen LogP contribution >= 0.6 is 11.6 Å². The van der Waals surface area contributed by atoms with Crippen LogP contribution < -0.4 is 10.6 Å². The van der Waals surface area contributed by atoms with Crippen molar-refractivity contribution in [2.45, 2.75) is 123 Å². The Morgan fingerprint density at radius 1 is 0.808 bits per heavy atom. The molecule has 2 N–H and O–H groups in total. The van der Waals surface area contributed by atoms with Gasteiger partial charge in [0.25, 0.3) is 0 Å². The molecule has 4 nitrogen and oxygen atoms in total. The van der Waals surface area contributed by atoms with Crippen LogP contribution in [0.2, 0.25) is 5.02 Å². The molecule has 0 spiro atoms. The van der Waals surface area contributed by atoms with Gasteiger partial charge in [-0.25, -0.2) is 8.78 Å². The number of nitrogens with zero attached hydrogens (tertiary/aromatic N) is 2. The van der Waals surface area contributed by atoms with E-state index in [4.69, 9.17) is 11.6 Å². The molecule has 400 valence electrons. The molecular weight excluding hydrogens is 985 g/mol. The van der Waals surface area contributed by atoms with Gasteiger partial charge in [-0.2, -0.15) is 39.5 Å². The summed E-state index contributed by atoms with van der Waals surface area (Å²) in [7, 11) is 1.66. The molecule has 73 heavy (non-hydrogen) atoms. The smallest absolute Gasteiger partial charge is 0.374 e. The number of halogens is 12. The molecule has 2 aliphatic carbocycles. The minimum atomic E-state index is -4.68. The molecule has 0 bridgehead atoms. The molecular formula is C57H68ClF11N4. The molecule has 2 aromatic carbocycles. The number of allylic oxidation sites excluding steroid dienone is 7. The molecule has 16 heteroatoms. The highest BCUT2D eigenvalue weighted by atomic mass is 35.5. The van der Waals surface area contributed by atoms with Crippen molar-refractivity contribution < 1.29 is 48.3 Å². The first-order chi connectivity index (χ1) is 33.9. The fraction of sp³-hybridized carbons (Fsp3) is 0.404. The number of nitrogens with one attached hydrogen (secondary N) is 2. The Hall–Kier alpha value is -5.54. The number of hydrogen-bond donors (Lipinski definition) is 2. The van der Waals surface area contributed by atoms with Gasteiger partial charge in [0.05, 0.1) is 21.9 Å². The molecule has 6 rings (SSSR count). The minimum absolute atomic E-state index is 0.188. The van der Waals surface area contributed by atoms with E-state index in [1.807, 2.05) is 94.5 Å². The Morgan fingerprint density at radius 2 is 1.37 bits per heavy atom. The van der Waals surface area contributed by atoms with Crippen molar-refractivity contribution in [1.82, 2.24) is 20.6 Å². The maximum atomic E-state index is 14.0. The Balaban J connectivity index is 0.000000387. The Labute approximate surface area is 429 Å². The molecule has 4 atom stereocenters. The Bertz CT molecular complexity index is 2350. The molecule has 0 saturated heterocycles. The topological polar surface area (TPSA) is 49.8 Å². The van der Waals surface area contributed by atoms with Crippen molar-refractivity contribution in [2.75, 3.05) is 7.05 Å². The predicted octanol–water partition coefficient (Wildman–Crippen LogP) is 17.3. The van der Waals surface area contributed by atoms with Gasteiger partial charge < -0.3 is 10.6 Å². The third-order valence-electron chi connectivity index (χ3n) is 11.0. The van der Waals surface area contributed by atoms with Crippen molar-refractivity contribution in [2.24, 2.45) is 17.3 Å². The van der Waals surface area contributed by atoms with Gasteiger partial charge in [0.15, 0.2) is 0 Å². The van der Waals surface area contributed by atoms with Gasteiger partial charge in [-0.15, -0.1) is 0 Å². The zero-order chi connectivity index (χ0) is 55.4. The molecule has 0 aliphatic heterocycles. The van der Waals surface area contributed by atoms with E-state index in [1.54, 1.807) is 52.4 Å². The first-order valence-electron chi connectivity index (χ1n) is 23.7. The van der Waals surface area contributed by atoms with Crippen molar-refractivity contribution in [1.29, 1.82) is 0 Å². The Morgan fingerprint density at radius 3 is 1.81 bits per heavy atom. The standard InChI is InChI=1S/C24H22ClFN2.C23H26F4N2.C6H11F3.C2H3F3.C2H6/c1-17(19-7-8-19)28-24(15-18-5-3-2-4-6-18,20-9-12-22(26)13-10-20)23-14-11-21(25)16-27-23;1-5-7-8-17(6-2)14-22(28-4,21-12-9-16(3)15-29-21)18-10-11-20(24)19(13-18)23(25,26)27;1-5(2,3)4-6(7,8)9;1-2(3,4)5;1-2/h2-6,9-14,16,19,28H,1,7-8,15H2;5-13,15,19-20,28H,2,14H2,1,3-4H3;4H2,1-3H3;1H3;1-2H3/b;7-5-,17-8+;;;. The van der Waals surface area contributed by atoms with Crippen molar-refractivity contribution in [3.8, 4) is 0 Å². The number of alkyl halides is 10. The lowest BCUT2D eigenvalue weighted by Crippen LogP contribution is -2.46. The number of rotatable bonds is 14. The normalized spacial score (nSPS) is 17.5. The number of aryl methyl sites for hydroxylation is 1. The molecule has 0 radical (unpaired) electrons. The summed E-state index contributed by atoms with van der Waals surface area (Å²) in [6.45, 7) is 20.8. The quantitative estimate of drug-likeness (QED) is 0.0976. The summed E-state index contributed by atoms with van der Waals surface area (Å²) in [5.74, 6) is -1.99. The van der Waals surface area contributed by atoms with E-state index in [1.165, 1.54) is 18.2 Å². The maximum Gasteiger partial charge on any atom is 0.398 e. The van der Waals surface area contributed by atoms with E-state index in [-0.39, 0.29) is 12.7 Å². The highest BCUT2D eigenvalue weighted by Gasteiger charge is 2.47. The van der Waals surface area contributed by atoms with Gasteiger partial charge >= 0.3 is 18.5 Å². The van der Waals surface area contributed by atoms with Crippen LogP contribution in [0.3, 0.4) is 0 Å². The lowest BCUT2D eigenvalue weighted by atomic mass is 9.76. The highest BCUT2D eigenvalue weighted by Crippen LogP contribution is 2.43. The number of benzene rings is 2. The molecule has 4 aromatic rings. The first kappa shape index (κ1) is 63.6. The molecule has 2 heterocycles. The zero-order valence-electron chi connectivity index (χ0n) is 42.8. The van der Waals surface area contributed by atoms with Crippen LogP contribution in [-0.4, -0.2) is 41.7 Å². The molecule has 1 saturated carbocycles. The third-order valence-corrected chi connectivity index (χ3v) is 11.3. The summed E-state index contributed by atoms with van der Waals surface area (Å²) in [5.41, 5.74) is 4.14. The average Bonchev–Trinajstić information content (AvgIpc) is 4.16. The van der Waals surface area contributed by atoms with Gasteiger partial charge in [-0.3, -0.25) is 9.97 Å². The van der Waals surface area contributed by atoms with Crippen LogP contribution in [0, 0.1) is 30.0 Å². The van der Waals surface area contributed by atoms with E-state index in [0.29, 0.717) is 35.0 Å². The van der Waals surface area contributed by atoms with Gasteiger partial charge in [0.1, 0.15) is 23.4 Å². The number of hydrogen-bond acceptors (Lipinski definition) is 4. The van der Waals surface area contributed by atoms with Crippen molar-refractivity contribution in [3.63, 3.8) is 0 Å². The number of aromatic nitrogens is 2. The summed E-state index contributed by atoms with van der Waals surface area (Å²) in [4.78, 5) is 9.13. The fourth-order valence-corrected chi connectivity index (χ4v) is 7.67. The molecule has 4 unspecified atom stereocenters. The summed E-state index contributed by atoms with van der Waals surface area (Å²) < 4.78 is 134. The van der Waals surface area contributed by atoms with E-state index < -0.39 is 53.5 Å². The second-order valence-electron chi connectivity index (χ2n) is 18.5. The second kappa shape index (κ2) is 28.2.